The number of carbonyl (C=O) groups is 1. The predicted molar refractivity (Wildman–Crippen MR) is 90.8 cm³/mol. The second-order valence-corrected chi connectivity index (χ2v) is 9.22. The lowest BCUT2D eigenvalue weighted by Crippen LogP contribution is -2.57. The third kappa shape index (κ3) is 3.75. The fraction of sp³-hybridized carbons (Fsp3) is 0.588. The smallest absolute Gasteiger partial charge is 0.243 e. The van der Waals surface area contributed by atoms with E-state index in [1.807, 2.05) is 32.9 Å². The first-order chi connectivity index (χ1) is 10.5. The summed E-state index contributed by atoms with van der Waals surface area (Å²) in [5.41, 5.74) is 0.809. The average Bonchev–Trinajstić information content (AvgIpc) is 2.45. The monoisotopic (exact) mass is 338 g/mol. The van der Waals surface area contributed by atoms with E-state index in [9.17, 15) is 13.2 Å². The second-order valence-electron chi connectivity index (χ2n) is 7.28. The fourth-order valence-corrected chi connectivity index (χ4v) is 4.12. The standard InChI is InChI=1S/C17H26N2O3S/c1-13(2)14-6-8-15(9-7-14)23(21,22)18-10-11-19(16(20)12-18)17(3,4)5/h6-9,13H,10-12H2,1-5H3. The van der Waals surface area contributed by atoms with Crippen LogP contribution in [0.3, 0.4) is 0 Å². The number of hydrogen-bond acceptors (Lipinski definition) is 3. The van der Waals surface area contributed by atoms with Gasteiger partial charge in [-0.2, -0.15) is 4.31 Å². The van der Waals surface area contributed by atoms with Gasteiger partial charge in [0.05, 0.1) is 11.4 Å². The third-order valence-corrected chi connectivity index (χ3v) is 6.04. The Bertz CT molecular complexity index is 673. The highest BCUT2D eigenvalue weighted by atomic mass is 32.2. The second kappa shape index (κ2) is 6.24. The zero-order valence-corrected chi connectivity index (χ0v) is 15.4. The zero-order valence-electron chi connectivity index (χ0n) is 14.5. The molecule has 128 valence electrons. The van der Waals surface area contributed by atoms with Crippen LogP contribution in [0.15, 0.2) is 29.2 Å². The summed E-state index contributed by atoms with van der Waals surface area (Å²) >= 11 is 0. The minimum absolute atomic E-state index is 0.0917. The van der Waals surface area contributed by atoms with Crippen molar-refractivity contribution in [3.63, 3.8) is 0 Å². The van der Waals surface area contributed by atoms with Gasteiger partial charge >= 0.3 is 0 Å². The van der Waals surface area contributed by atoms with Crippen molar-refractivity contribution in [1.29, 1.82) is 0 Å². The molecule has 0 bridgehead atoms. The van der Waals surface area contributed by atoms with Crippen molar-refractivity contribution in [3.05, 3.63) is 29.8 Å². The van der Waals surface area contributed by atoms with Crippen LogP contribution >= 0.6 is 0 Å². The largest absolute Gasteiger partial charge is 0.335 e. The molecule has 0 aromatic heterocycles. The summed E-state index contributed by atoms with van der Waals surface area (Å²) in [7, 11) is -3.62. The van der Waals surface area contributed by atoms with E-state index in [0.717, 1.165) is 5.56 Å². The van der Waals surface area contributed by atoms with Gasteiger partial charge in [-0.15, -0.1) is 0 Å². The number of carbonyl (C=O) groups excluding carboxylic acids is 1. The molecule has 1 aliphatic heterocycles. The molecule has 0 radical (unpaired) electrons. The number of sulfonamides is 1. The van der Waals surface area contributed by atoms with Gasteiger partial charge in [-0.1, -0.05) is 26.0 Å². The summed E-state index contributed by atoms with van der Waals surface area (Å²) in [5, 5.41) is 0. The lowest BCUT2D eigenvalue weighted by Gasteiger charge is -2.41. The van der Waals surface area contributed by atoms with Crippen LogP contribution in [-0.4, -0.2) is 48.7 Å². The Morgan fingerprint density at radius 2 is 1.61 bits per heavy atom. The van der Waals surface area contributed by atoms with Crippen molar-refractivity contribution >= 4 is 15.9 Å². The van der Waals surface area contributed by atoms with Gasteiger partial charge in [0, 0.05) is 18.6 Å². The van der Waals surface area contributed by atoms with Crippen LogP contribution in [0, 0.1) is 0 Å². The predicted octanol–water partition coefficient (Wildman–Crippen LogP) is 2.44. The molecule has 0 N–H and O–H groups in total. The van der Waals surface area contributed by atoms with Crippen LogP contribution in [0.4, 0.5) is 0 Å². The van der Waals surface area contributed by atoms with E-state index in [1.165, 1.54) is 4.31 Å². The number of hydrogen-bond donors (Lipinski definition) is 0. The van der Waals surface area contributed by atoms with E-state index in [2.05, 4.69) is 13.8 Å². The molecule has 1 fully saturated rings. The summed E-state index contributed by atoms with van der Waals surface area (Å²) in [4.78, 5) is 14.3. The van der Waals surface area contributed by atoms with Crippen molar-refractivity contribution in [2.24, 2.45) is 0 Å². The van der Waals surface area contributed by atoms with Crippen LogP contribution in [0.2, 0.25) is 0 Å². The molecule has 0 atom stereocenters. The Morgan fingerprint density at radius 3 is 2.04 bits per heavy atom. The van der Waals surface area contributed by atoms with Crippen LogP contribution in [-0.2, 0) is 14.8 Å². The van der Waals surface area contributed by atoms with Crippen LogP contribution in [0.5, 0.6) is 0 Å². The van der Waals surface area contributed by atoms with Crippen molar-refractivity contribution in [2.75, 3.05) is 19.6 Å². The van der Waals surface area contributed by atoms with Crippen molar-refractivity contribution in [1.82, 2.24) is 9.21 Å². The first kappa shape index (κ1) is 17.9. The average molecular weight is 338 g/mol. The number of benzene rings is 1. The van der Waals surface area contributed by atoms with E-state index in [-0.39, 0.29) is 22.9 Å². The zero-order chi connectivity index (χ0) is 17.4. The molecule has 6 heteroatoms. The summed E-state index contributed by atoms with van der Waals surface area (Å²) in [5.74, 6) is 0.204. The first-order valence-corrected chi connectivity index (χ1v) is 9.38. The quantitative estimate of drug-likeness (QED) is 0.850. The molecular weight excluding hydrogens is 312 g/mol. The molecule has 1 heterocycles. The number of piperazine rings is 1. The third-order valence-electron chi connectivity index (χ3n) is 4.18. The number of rotatable bonds is 3. The number of nitrogens with zero attached hydrogens (tertiary/aromatic N) is 2. The van der Waals surface area contributed by atoms with Gasteiger partial charge in [0.2, 0.25) is 15.9 Å². The summed E-state index contributed by atoms with van der Waals surface area (Å²) < 4.78 is 26.7. The van der Waals surface area contributed by atoms with E-state index >= 15 is 0 Å². The molecule has 2 rings (SSSR count). The van der Waals surface area contributed by atoms with Gasteiger partial charge < -0.3 is 4.90 Å². The maximum absolute atomic E-state index is 12.7. The Kier molecular flexibility index (Phi) is 4.87. The van der Waals surface area contributed by atoms with Gasteiger partial charge in [-0.05, 0) is 44.4 Å². The molecular formula is C17H26N2O3S. The summed E-state index contributed by atoms with van der Waals surface area (Å²) in [6.45, 7) is 10.7. The highest BCUT2D eigenvalue weighted by Gasteiger charge is 2.36. The van der Waals surface area contributed by atoms with Gasteiger partial charge in [-0.3, -0.25) is 4.79 Å². The first-order valence-electron chi connectivity index (χ1n) is 7.94. The van der Waals surface area contributed by atoms with E-state index in [1.54, 1.807) is 17.0 Å². The molecule has 1 aromatic carbocycles. The minimum atomic E-state index is -3.62. The van der Waals surface area contributed by atoms with E-state index < -0.39 is 10.0 Å². The van der Waals surface area contributed by atoms with Gasteiger partial charge in [0.15, 0.2) is 0 Å². The summed E-state index contributed by atoms with van der Waals surface area (Å²) in [6, 6.07) is 6.94. The van der Waals surface area contributed by atoms with E-state index in [4.69, 9.17) is 0 Å². The Labute approximate surface area is 139 Å². The molecule has 1 amide bonds. The van der Waals surface area contributed by atoms with Crippen molar-refractivity contribution in [3.8, 4) is 0 Å². The molecule has 1 saturated heterocycles. The molecule has 23 heavy (non-hydrogen) atoms. The van der Waals surface area contributed by atoms with E-state index in [0.29, 0.717) is 19.0 Å². The molecule has 0 unspecified atom stereocenters. The molecule has 0 spiro atoms. The lowest BCUT2D eigenvalue weighted by molar-refractivity contribution is -0.139. The molecule has 1 aliphatic rings. The van der Waals surface area contributed by atoms with Crippen molar-refractivity contribution < 1.29 is 13.2 Å². The summed E-state index contributed by atoms with van der Waals surface area (Å²) in [6.07, 6.45) is 0. The highest BCUT2D eigenvalue weighted by Crippen LogP contribution is 2.23. The van der Waals surface area contributed by atoms with Crippen molar-refractivity contribution in [2.45, 2.75) is 51.0 Å². The SMILES string of the molecule is CC(C)c1ccc(S(=O)(=O)N2CCN(C(C)(C)C)C(=O)C2)cc1. The van der Waals surface area contributed by atoms with Gasteiger partial charge in [0.25, 0.3) is 0 Å². The normalized spacial score (nSPS) is 17.8. The topological polar surface area (TPSA) is 57.7 Å². The van der Waals surface area contributed by atoms with Gasteiger partial charge in [0.1, 0.15) is 0 Å². The Balaban J connectivity index is 2.20. The molecule has 5 nitrogen and oxygen atoms in total. The van der Waals surface area contributed by atoms with Crippen LogP contribution in [0.25, 0.3) is 0 Å². The highest BCUT2D eigenvalue weighted by molar-refractivity contribution is 7.89. The fourth-order valence-electron chi connectivity index (χ4n) is 2.74. The maximum atomic E-state index is 12.7. The minimum Gasteiger partial charge on any atom is -0.335 e. The van der Waals surface area contributed by atoms with Crippen LogP contribution < -0.4 is 0 Å². The Hall–Kier alpha value is -1.40. The molecule has 0 saturated carbocycles. The maximum Gasteiger partial charge on any atom is 0.243 e. The Morgan fingerprint density at radius 1 is 1.04 bits per heavy atom. The number of amides is 1. The molecule has 0 aliphatic carbocycles. The lowest BCUT2D eigenvalue weighted by atomic mass is 10.0. The van der Waals surface area contributed by atoms with Crippen LogP contribution in [0.1, 0.15) is 46.1 Å². The van der Waals surface area contributed by atoms with Gasteiger partial charge in [-0.25, -0.2) is 8.42 Å². The molecule has 1 aromatic rings.